The summed E-state index contributed by atoms with van der Waals surface area (Å²) in [7, 11) is 1.59. The Bertz CT molecular complexity index is 1110. The average Bonchev–Trinajstić information content (AvgIpc) is 3.18. The Morgan fingerprint density at radius 2 is 2.16 bits per heavy atom. The minimum absolute atomic E-state index is 0.0527. The van der Waals surface area contributed by atoms with Crippen molar-refractivity contribution in [2.75, 3.05) is 30.4 Å². The number of nitrogens with zero attached hydrogens (tertiary/aromatic N) is 3. The highest BCUT2D eigenvalue weighted by Gasteiger charge is 2.36. The fourth-order valence-electron chi connectivity index (χ4n) is 3.70. The molecule has 164 valence electrons. The van der Waals surface area contributed by atoms with Gasteiger partial charge in [-0.05, 0) is 47.4 Å². The van der Waals surface area contributed by atoms with Crippen LogP contribution in [0.4, 0.5) is 24.8 Å². The summed E-state index contributed by atoms with van der Waals surface area (Å²) in [5.74, 6) is 0.155. The number of amides is 1. The van der Waals surface area contributed by atoms with Gasteiger partial charge in [0.15, 0.2) is 0 Å². The third-order valence-electron chi connectivity index (χ3n) is 5.29. The van der Waals surface area contributed by atoms with E-state index in [2.05, 4.69) is 41.5 Å². The second-order valence-electron chi connectivity index (χ2n) is 7.38. The van der Waals surface area contributed by atoms with Gasteiger partial charge in [0, 0.05) is 43.0 Å². The van der Waals surface area contributed by atoms with Gasteiger partial charge in [-0.3, -0.25) is 4.79 Å². The van der Waals surface area contributed by atoms with Crippen LogP contribution in [0.5, 0.6) is 0 Å². The molecule has 31 heavy (non-hydrogen) atoms. The minimum Gasteiger partial charge on any atom is -0.360 e. The normalized spacial score (nSPS) is 17.0. The molecule has 1 atom stereocenters. The first kappa shape index (κ1) is 21.6. The van der Waals surface area contributed by atoms with Crippen molar-refractivity contribution >= 4 is 44.9 Å². The van der Waals surface area contributed by atoms with Gasteiger partial charge in [0.05, 0.1) is 21.4 Å². The van der Waals surface area contributed by atoms with Gasteiger partial charge in [0.1, 0.15) is 5.56 Å². The number of piperidine rings is 1. The van der Waals surface area contributed by atoms with Gasteiger partial charge in [-0.2, -0.15) is 13.2 Å². The number of hydrogen-bond donors (Lipinski definition) is 3. The third-order valence-corrected chi connectivity index (χ3v) is 6.09. The van der Waals surface area contributed by atoms with Gasteiger partial charge in [-0.25, -0.2) is 9.97 Å². The van der Waals surface area contributed by atoms with Crippen LogP contribution in [0.3, 0.4) is 0 Å². The number of carbonyl (C=O) groups excluding carboxylic acids is 1. The van der Waals surface area contributed by atoms with Crippen LogP contribution in [-0.2, 0) is 11.0 Å². The van der Waals surface area contributed by atoms with E-state index in [1.54, 1.807) is 19.2 Å². The molecule has 0 bridgehead atoms. The Morgan fingerprint density at radius 1 is 1.35 bits per heavy atom. The third kappa shape index (κ3) is 4.24. The SMILES string of the molecule is CN(C=O)c1ccc2c(-c3nc(NC4CCCNC4)ncc3C(F)(F)F)c[nH]c2c1Br. The number of aromatic amines is 1. The predicted molar refractivity (Wildman–Crippen MR) is 116 cm³/mol. The van der Waals surface area contributed by atoms with Gasteiger partial charge in [-0.15, -0.1) is 0 Å². The highest BCUT2D eigenvalue weighted by molar-refractivity contribution is 9.10. The van der Waals surface area contributed by atoms with E-state index in [1.807, 2.05) is 0 Å². The summed E-state index contributed by atoms with van der Waals surface area (Å²) < 4.78 is 41.8. The fraction of sp³-hybridized carbons (Fsp3) is 0.350. The van der Waals surface area contributed by atoms with E-state index in [0.29, 0.717) is 39.6 Å². The van der Waals surface area contributed by atoms with E-state index in [4.69, 9.17) is 0 Å². The summed E-state index contributed by atoms with van der Waals surface area (Å²) in [5, 5.41) is 6.93. The quantitative estimate of drug-likeness (QED) is 0.461. The molecule has 11 heteroatoms. The summed E-state index contributed by atoms with van der Waals surface area (Å²) in [6.45, 7) is 1.62. The van der Waals surface area contributed by atoms with Crippen molar-refractivity contribution < 1.29 is 18.0 Å². The summed E-state index contributed by atoms with van der Waals surface area (Å²) in [5.41, 5.74) is 0.339. The van der Waals surface area contributed by atoms with Crippen molar-refractivity contribution in [3.8, 4) is 11.3 Å². The van der Waals surface area contributed by atoms with Crippen LogP contribution < -0.4 is 15.5 Å². The standard InChI is InChI=1S/C20H20BrF3N6O/c1-30(10-31)15-5-4-12-13(8-26-18(12)16(15)21)17-14(20(22,23)24)9-27-19(29-17)28-11-3-2-6-25-7-11/h4-5,8-11,25-26H,2-3,6-7H2,1H3,(H,27,28,29). The van der Waals surface area contributed by atoms with Crippen LogP contribution in [0.15, 0.2) is 29.0 Å². The highest BCUT2D eigenvalue weighted by atomic mass is 79.9. The lowest BCUT2D eigenvalue weighted by molar-refractivity contribution is -0.137. The molecule has 1 aliphatic heterocycles. The molecule has 3 N–H and O–H groups in total. The van der Waals surface area contributed by atoms with E-state index in [1.165, 1.54) is 11.1 Å². The number of fused-ring (bicyclic) bond motifs is 1. The molecule has 2 aromatic heterocycles. The smallest absolute Gasteiger partial charge is 0.360 e. The first-order valence-corrected chi connectivity index (χ1v) is 10.5. The van der Waals surface area contributed by atoms with Crippen LogP contribution in [0.25, 0.3) is 22.2 Å². The molecule has 1 aromatic carbocycles. The fourth-order valence-corrected chi connectivity index (χ4v) is 4.44. The van der Waals surface area contributed by atoms with Crippen LogP contribution in [0, 0.1) is 0 Å². The second-order valence-corrected chi connectivity index (χ2v) is 8.17. The number of nitrogens with one attached hydrogen (secondary N) is 3. The van der Waals surface area contributed by atoms with Crippen molar-refractivity contribution in [2.45, 2.75) is 25.1 Å². The van der Waals surface area contributed by atoms with E-state index in [-0.39, 0.29) is 17.7 Å². The van der Waals surface area contributed by atoms with Crippen molar-refractivity contribution in [1.82, 2.24) is 20.3 Å². The lowest BCUT2D eigenvalue weighted by Gasteiger charge is -2.24. The van der Waals surface area contributed by atoms with Crippen molar-refractivity contribution in [3.05, 3.63) is 34.6 Å². The van der Waals surface area contributed by atoms with E-state index in [9.17, 15) is 18.0 Å². The van der Waals surface area contributed by atoms with Crippen LogP contribution in [-0.4, -0.2) is 47.5 Å². The van der Waals surface area contributed by atoms with Gasteiger partial charge in [0.25, 0.3) is 0 Å². The number of rotatable bonds is 5. The number of carbonyl (C=O) groups is 1. The number of halogens is 4. The lowest BCUT2D eigenvalue weighted by Crippen LogP contribution is -2.38. The topological polar surface area (TPSA) is 85.9 Å². The molecule has 4 rings (SSSR count). The second kappa shape index (κ2) is 8.46. The summed E-state index contributed by atoms with van der Waals surface area (Å²) in [6, 6.07) is 3.39. The molecular weight excluding hydrogens is 477 g/mol. The minimum atomic E-state index is -4.61. The Balaban J connectivity index is 1.81. The number of aromatic nitrogens is 3. The zero-order chi connectivity index (χ0) is 22.2. The maximum Gasteiger partial charge on any atom is 0.419 e. The maximum atomic E-state index is 13.8. The Labute approximate surface area is 184 Å². The van der Waals surface area contributed by atoms with Gasteiger partial charge in [-0.1, -0.05) is 0 Å². The molecule has 1 aliphatic rings. The lowest BCUT2D eigenvalue weighted by atomic mass is 10.1. The van der Waals surface area contributed by atoms with Gasteiger partial charge in [0.2, 0.25) is 12.4 Å². The zero-order valence-electron chi connectivity index (χ0n) is 16.6. The molecule has 0 saturated carbocycles. The summed E-state index contributed by atoms with van der Waals surface area (Å²) >= 11 is 3.44. The first-order valence-electron chi connectivity index (χ1n) is 9.69. The summed E-state index contributed by atoms with van der Waals surface area (Å²) in [4.78, 5) is 23.7. The number of alkyl halides is 3. The van der Waals surface area contributed by atoms with Crippen molar-refractivity contribution in [2.24, 2.45) is 0 Å². The van der Waals surface area contributed by atoms with Crippen LogP contribution in [0.2, 0.25) is 0 Å². The van der Waals surface area contributed by atoms with Crippen molar-refractivity contribution in [1.29, 1.82) is 0 Å². The molecule has 1 unspecified atom stereocenters. The average molecular weight is 497 g/mol. The number of benzene rings is 1. The molecule has 3 aromatic rings. The molecule has 0 aliphatic carbocycles. The molecule has 1 saturated heterocycles. The van der Waals surface area contributed by atoms with E-state index >= 15 is 0 Å². The molecule has 0 spiro atoms. The van der Waals surface area contributed by atoms with Crippen LogP contribution in [0.1, 0.15) is 18.4 Å². The maximum absolute atomic E-state index is 13.8. The number of H-pyrrole nitrogens is 1. The Kier molecular flexibility index (Phi) is 5.89. The molecule has 0 radical (unpaired) electrons. The summed E-state index contributed by atoms with van der Waals surface area (Å²) in [6.07, 6.45) is 0.213. The van der Waals surface area contributed by atoms with Crippen molar-refractivity contribution in [3.63, 3.8) is 0 Å². The Hall–Kier alpha value is -2.66. The number of hydrogen-bond acceptors (Lipinski definition) is 5. The van der Waals surface area contributed by atoms with E-state index in [0.717, 1.165) is 25.6 Å². The molecule has 3 heterocycles. The van der Waals surface area contributed by atoms with Gasteiger partial charge >= 0.3 is 6.18 Å². The van der Waals surface area contributed by atoms with Gasteiger partial charge < -0.3 is 20.5 Å². The molecular formula is C20H20BrF3N6O. The molecule has 7 nitrogen and oxygen atoms in total. The largest absolute Gasteiger partial charge is 0.419 e. The van der Waals surface area contributed by atoms with Crippen LogP contribution >= 0.6 is 15.9 Å². The number of anilines is 2. The Morgan fingerprint density at radius 3 is 2.84 bits per heavy atom. The molecule has 1 fully saturated rings. The highest BCUT2D eigenvalue weighted by Crippen LogP contribution is 2.41. The van der Waals surface area contributed by atoms with E-state index < -0.39 is 11.7 Å². The molecule has 1 amide bonds. The predicted octanol–water partition coefficient (Wildman–Crippen LogP) is 4.16. The first-order chi connectivity index (χ1) is 14.8. The zero-order valence-corrected chi connectivity index (χ0v) is 18.1. The monoisotopic (exact) mass is 496 g/mol.